The number of hydrogen-bond donors (Lipinski definition) is 6. The van der Waals surface area contributed by atoms with Gasteiger partial charge in [-0.3, -0.25) is 14.6 Å². The zero-order valence-corrected chi connectivity index (χ0v) is 31.4. The summed E-state index contributed by atoms with van der Waals surface area (Å²) in [7, 11) is 1.24. The largest absolute Gasteiger partial charge is 0.465 e. The van der Waals surface area contributed by atoms with Gasteiger partial charge in [-0.2, -0.15) is 0 Å². The topological polar surface area (TPSA) is 207 Å². The Morgan fingerprint density at radius 3 is 2.26 bits per heavy atom. The maximum atomic E-state index is 13.7. The van der Waals surface area contributed by atoms with Crippen LogP contribution in [0.2, 0.25) is 0 Å². The maximum Gasteiger partial charge on any atom is 0.407 e. The quantitative estimate of drug-likeness (QED) is 0.0831. The second kappa shape index (κ2) is 17.2. The van der Waals surface area contributed by atoms with Gasteiger partial charge in [0.15, 0.2) is 0 Å². The second-order valence-electron chi connectivity index (χ2n) is 13.8. The number of pyridine rings is 1. The molecule has 1 saturated heterocycles. The summed E-state index contributed by atoms with van der Waals surface area (Å²) in [4.78, 5) is 72.8. The SMILES string of the molecule is COC(=O)N[C@@H](C(=O)N[C@@H](C)c1ncc(-c2ccc(-c3ccc(-c4cnc([C@@H]5CCCN5C(=O)[C@H](NC(=O)O)C5=CCCC=C5)[nH]4)cc3)nc2)[nH]1)c1ccccc1. The number of alkyl carbamates (subject to hydrolysis) is 1. The first kappa shape index (κ1) is 38.3. The molecule has 2 aliphatic rings. The fraction of sp³-hybridized carbons (Fsp3) is 0.262. The lowest BCUT2D eigenvalue weighted by molar-refractivity contribution is -0.133. The Balaban J connectivity index is 0.987. The molecular formula is C42H43N9O6. The van der Waals surface area contributed by atoms with E-state index in [9.17, 15) is 24.3 Å². The van der Waals surface area contributed by atoms with Crippen LogP contribution in [0.4, 0.5) is 9.59 Å². The average Bonchev–Trinajstić information content (AvgIpc) is 4.04. The van der Waals surface area contributed by atoms with Crippen LogP contribution in [0.1, 0.15) is 67.9 Å². The number of methoxy groups -OCH3 is 1. The van der Waals surface area contributed by atoms with Gasteiger partial charge < -0.3 is 40.7 Å². The van der Waals surface area contributed by atoms with Crippen LogP contribution >= 0.6 is 0 Å². The number of allylic oxidation sites excluding steroid dienone is 2. The number of H-pyrrole nitrogens is 2. The van der Waals surface area contributed by atoms with Crippen LogP contribution in [0.5, 0.6) is 0 Å². The molecule has 0 unspecified atom stereocenters. The van der Waals surface area contributed by atoms with Crippen molar-refractivity contribution in [1.29, 1.82) is 0 Å². The molecule has 3 aromatic heterocycles. The van der Waals surface area contributed by atoms with Gasteiger partial charge in [0.1, 0.15) is 23.7 Å². The van der Waals surface area contributed by atoms with Crippen molar-refractivity contribution in [2.45, 2.75) is 56.8 Å². The van der Waals surface area contributed by atoms with Gasteiger partial charge in [-0.1, -0.05) is 72.8 Å². The van der Waals surface area contributed by atoms with Gasteiger partial charge >= 0.3 is 12.2 Å². The molecule has 0 bridgehead atoms. The smallest absolute Gasteiger partial charge is 0.407 e. The number of hydrogen-bond acceptors (Lipinski definition) is 8. The van der Waals surface area contributed by atoms with E-state index in [1.807, 2.05) is 60.7 Å². The molecule has 1 fully saturated rings. The average molecular weight is 770 g/mol. The highest BCUT2D eigenvalue weighted by molar-refractivity contribution is 5.90. The van der Waals surface area contributed by atoms with Crippen molar-refractivity contribution in [3.05, 3.63) is 126 Å². The molecule has 292 valence electrons. The number of ether oxygens (including phenoxy) is 1. The monoisotopic (exact) mass is 769 g/mol. The molecule has 15 nitrogen and oxygen atoms in total. The van der Waals surface area contributed by atoms with Crippen molar-refractivity contribution < 1.29 is 29.0 Å². The molecule has 4 atom stereocenters. The number of aromatic nitrogens is 5. The molecule has 2 aromatic carbocycles. The third-order valence-electron chi connectivity index (χ3n) is 10.1. The van der Waals surface area contributed by atoms with Gasteiger partial charge in [0.25, 0.3) is 5.91 Å². The number of carbonyl (C=O) groups excluding carboxylic acids is 3. The summed E-state index contributed by atoms with van der Waals surface area (Å²) >= 11 is 0. The number of aromatic amines is 2. The minimum Gasteiger partial charge on any atom is -0.465 e. The molecule has 4 heterocycles. The predicted molar refractivity (Wildman–Crippen MR) is 211 cm³/mol. The number of nitrogens with zero attached hydrogens (tertiary/aromatic N) is 4. The number of carbonyl (C=O) groups is 4. The van der Waals surface area contributed by atoms with Crippen LogP contribution in [-0.2, 0) is 14.3 Å². The first-order valence-electron chi connectivity index (χ1n) is 18.7. The zero-order chi connectivity index (χ0) is 39.9. The summed E-state index contributed by atoms with van der Waals surface area (Å²) in [5.41, 5.74) is 6.20. The number of carboxylic acid groups (broad SMARTS) is 1. The Bertz CT molecular complexity index is 2280. The summed E-state index contributed by atoms with van der Waals surface area (Å²) < 4.78 is 4.72. The van der Waals surface area contributed by atoms with E-state index in [1.165, 1.54) is 7.11 Å². The standard InChI is InChI=1S/C42H43N9O6/c1-25(46-39(52)35(50-42(56)57-2)28-10-5-3-6-11-28)37-44-24-33(47-37)30-19-20-31(43-22-30)26-15-17-27(18-16-26)32-23-45-38(48-32)34-14-9-21-51(34)40(53)36(49-41(54)55)29-12-7-4-8-13-29/h3,5-7,10-13,15-20,22-25,34-36,49H,4,8-9,14,21H2,1-2H3,(H,44,47)(H,45,48)(H,46,52)(H,50,56)(H,54,55)/t25-,34-,35+,36+/m0/s1. The Hall–Kier alpha value is -7.03. The van der Waals surface area contributed by atoms with Gasteiger partial charge in [-0.05, 0) is 61.4 Å². The van der Waals surface area contributed by atoms with Crippen molar-refractivity contribution >= 4 is 24.0 Å². The van der Waals surface area contributed by atoms with E-state index in [0.717, 1.165) is 59.5 Å². The minimum atomic E-state index is -1.24. The lowest BCUT2D eigenvalue weighted by Gasteiger charge is -2.29. The molecule has 1 aliphatic carbocycles. The van der Waals surface area contributed by atoms with Crippen molar-refractivity contribution in [2.24, 2.45) is 0 Å². The summed E-state index contributed by atoms with van der Waals surface area (Å²) in [5.74, 6) is 0.491. The third kappa shape index (κ3) is 8.77. The Morgan fingerprint density at radius 1 is 0.825 bits per heavy atom. The molecule has 15 heteroatoms. The first-order valence-corrected chi connectivity index (χ1v) is 18.7. The molecular weight excluding hydrogens is 727 g/mol. The minimum absolute atomic E-state index is 0.284. The van der Waals surface area contributed by atoms with E-state index < -0.39 is 36.2 Å². The lowest BCUT2D eigenvalue weighted by atomic mass is 9.99. The molecule has 4 amide bonds. The van der Waals surface area contributed by atoms with Crippen molar-refractivity contribution in [3.8, 4) is 33.8 Å². The predicted octanol–water partition coefficient (Wildman–Crippen LogP) is 6.38. The summed E-state index contributed by atoms with van der Waals surface area (Å²) in [6.07, 6.45) is 12.0. The van der Waals surface area contributed by atoms with E-state index in [1.54, 1.807) is 54.7 Å². The second-order valence-corrected chi connectivity index (χ2v) is 13.8. The highest BCUT2D eigenvalue weighted by atomic mass is 16.5. The third-order valence-corrected chi connectivity index (χ3v) is 10.1. The molecule has 0 spiro atoms. The van der Waals surface area contributed by atoms with Crippen LogP contribution in [0.15, 0.2) is 109 Å². The van der Waals surface area contributed by atoms with Gasteiger partial charge in [0.05, 0.1) is 48.7 Å². The fourth-order valence-corrected chi connectivity index (χ4v) is 7.13. The summed E-state index contributed by atoms with van der Waals surface area (Å²) in [5, 5.41) is 17.4. The summed E-state index contributed by atoms with van der Waals surface area (Å²) in [6, 6.07) is 18.0. The van der Waals surface area contributed by atoms with Crippen LogP contribution in [0.25, 0.3) is 33.8 Å². The molecule has 5 aromatic rings. The van der Waals surface area contributed by atoms with Gasteiger partial charge in [-0.25, -0.2) is 19.6 Å². The fourth-order valence-electron chi connectivity index (χ4n) is 7.13. The number of amides is 4. The molecule has 57 heavy (non-hydrogen) atoms. The lowest BCUT2D eigenvalue weighted by Crippen LogP contribution is -2.49. The normalized spacial score (nSPS) is 16.6. The van der Waals surface area contributed by atoms with E-state index in [0.29, 0.717) is 29.3 Å². The maximum absolute atomic E-state index is 13.7. The highest BCUT2D eigenvalue weighted by Gasteiger charge is 2.37. The van der Waals surface area contributed by atoms with Crippen LogP contribution < -0.4 is 16.0 Å². The summed E-state index contributed by atoms with van der Waals surface area (Å²) in [6.45, 7) is 2.31. The van der Waals surface area contributed by atoms with Gasteiger partial charge in [-0.15, -0.1) is 0 Å². The zero-order valence-electron chi connectivity index (χ0n) is 31.4. The number of nitrogens with one attached hydrogen (secondary N) is 5. The van der Waals surface area contributed by atoms with E-state index in [4.69, 9.17) is 9.72 Å². The number of benzene rings is 2. The van der Waals surface area contributed by atoms with E-state index in [-0.39, 0.29) is 11.9 Å². The molecule has 1 aliphatic heterocycles. The van der Waals surface area contributed by atoms with Crippen molar-refractivity contribution in [2.75, 3.05) is 13.7 Å². The molecule has 7 rings (SSSR count). The molecule has 0 radical (unpaired) electrons. The Kier molecular flexibility index (Phi) is 11.5. The van der Waals surface area contributed by atoms with Crippen molar-refractivity contribution in [1.82, 2.24) is 45.8 Å². The molecule has 6 N–H and O–H groups in total. The highest BCUT2D eigenvalue weighted by Crippen LogP contribution is 2.34. The van der Waals surface area contributed by atoms with Gasteiger partial charge in [0.2, 0.25) is 5.91 Å². The van der Waals surface area contributed by atoms with Crippen molar-refractivity contribution in [3.63, 3.8) is 0 Å². The Morgan fingerprint density at radius 2 is 1.56 bits per heavy atom. The Labute approximate surface area is 328 Å². The van der Waals surface area contributed by atoms with Crippen LogP contribution in [0, 0.1) is 0 Å². The van der Waals surface area contributed by atoms with Gasteiger partial charge in [0, 0.05) is 23.9 Å². The first-order chi connectivity index (χ1) is 27.7. The van der Waals surface area contributed by atoms with Crippen LogP contribution in [-0.4, -0.2) is 78.6 Å². The number of likely N-dealkylation sites (tertiary alicyclic amines) is 1. The van der Waals surface area contributed by atoms with E-state index in [2.05, 4.69) is 35.9 Å². The molecule has 0 saturated carbocycles. The number of imidazole rings is 2. The van der Waals surface area contributed by atoms with Crippen LogP contribution in [0.3, 0.4) is 0 Å². The van der Waals surface area contributed by atoms with E-state index >= 15 is 0 Å². The number of rotatable bonds is 12.